The van der Waals surface area contributed by atoms with Crippen LogP contribution in [0.2, 0.25) is 0 Å². The lowest BCUT2D eigenvalue weighted by Gasteiger charge is -2.33. The zero-order valence-corrected chi connectivity index (χ0v) is 14.1. The zero-order valence-electron chi connectivity index (χ0n) is 14.1. The average molecular weight is 276 g/mol. The largest absolute Gasteiger partial charge is 0.313 e. The van der Waals surface area contributed by atoms with Crippen molar-refractivity contribution in [3.05, 3.63) is 30.1 Å². The Morgan fingerprint density at radius 3 is 2.40 bits per heavy atom. The third kappa shape index (κ3) is 5.24. The van der Waals surface area contributed by atoms with E-state index in [1.54, 1.807) is 0 Å². The molecule has 20 heavy (non-hydrogen) atoms. The summed E-state index contributed by atoms with van der Waals surface area (Å²) in [6, 6.07) is 6.72. The molecule has 114 valence electrons. The summed E-state index contributed by atoms with van der Waals surface area (Å²) in [5, 5.41) is 3.73. The van der Waals surface area contributed by atoms with E-state index in [2.05, 4.69) is 64.0 Å². The molecule has 3 unspecified atom stereocenters. The monoisotopic (exact) mass is 276 g/mol. The molecular formula is C18H32N2. The molecule has 2 nitrogen and oxygen atoms in total. The van der Waals surface area contributed by atoms with Crippen LogP contribution in [0.1, 0.15) is 66.0 Å². The van der Waals surface area contributed by atoms with Gasteiger partial charge in [0.1, 0.15) is 0 Å². The standard InChI is InChI=1S/C18H32N2/c1-7-11-19-17(13-14(2)18(4,5)6)15(3)16-10-8-9-12-20-16/h8-10,12,14-15,17,19H,7,11,13H2,1-6H3. The van der Waals surface area contributed by atoms with Crippen molar-refractivity contribution < 1.29 is 0 Å². The van der Waals surface area contributed by atoms with Crippen LogP contribution in [0, 0.1) is 11.3 Å². The highest BCUT2D eigenvalue weighted by atomic mass is 14.9. The summed E-state index contributed by atoms with van der Waals surface area (Å²) in [4.78, 5) is 4.54. The lowest BCUT2D eigenvalue weighted by Crippen LogP contribution is -2.38. The molecule has 1 aromatic heterocycles. The Labute approximate surface area is 125 Å². The molecule has 0 aliphatic heterocycles. The van der Waals surface area contributed by atoms with Crippen LogP contribution in [0.3, 0.4) is 0 Å². The van der Waals surface area contributed by atoms with E-state index in [0.717, 1.165) is 6.54 Å². The minimum Gasteiger partial charge on any atom is -0.313 e. The van der Waals surface area contributed by atoms with Gasteiger partial charge in [-0.05, 0) is 42.9 Å². The fraction of sp³-hybridized carbons (Fsp3) is 0.722. The first-order valence-corrected chi connectivity index (χ1v) is 8.00. The van der Waals surface area contributed by atoms with Crippen molar-refractivity contribution in [1.29, 1.82) is 0 Å². The van der Waals surface area contributed by atoms with E-state index in [4.69, 9.17) is 0 Å². The Kier molecular flexibility index (Phi) is 6.67. The summed E-state index contributed by atoms with van der Waals surface area (Å²) in [5.74, 6) is 1.13. The van der Waals surface area contributed by atoms with E-state index in [0.29, 0.717) is 23.3 Å². The number of hydrogen-bond acceptors (Lipinski definition) is 2. The van der Waals surface area contributed by atoms with Crippen molar-refractivity contribution in [2.45, 2.75) is 66.3 Å². The number of pyridine rings is 1. The van der Waals surface area contributed by atoms with Crippen molar-refractivity contribution in [1.82, 2.24) is 10.3 Å². The van der Waals surface area contributed by atoms with Gasteiger partial charge >= 0.3 is 0 Å². The van der Waals surface area contributed by atoms with E-state index in [-0.39, 0.29) is 0 Å². The predicted octanol–water partition coefficient (Wildman–Crippen LogP) is 4.63. The van der Waals surface area contributed by atoms with Crippen LogP contribution in [0.15, 0.2) is 24.4 Å². The van der Waals surface area contributed by atoms with Crippen molar-refractivity contribution in [3.63, 3.8) is 0 Å². The fourth-order valence-electron chi connectivity index (χ4n) is 2.38. The molecular weight excluding hydrogens is 244 g/mol. The zero-order chi connectivity index (χ0) is 15.2. The quantitative estimate of drug-likeness (QED) is 0.785. The molecule has 1 rings (SSSR count). The van der Waals surface area contributed by atoms with Crippen LogP contribution in [0.5, 0.6) is 0 Å². The number of rotatable bonds is 7. The van der Waals surface area contributed by atoms with E-state index in [1.165, 1.54) is 18.5 Å². The number of nitrogens with one attached hydrogen (secondary N) is 1. The normalized spacial score (nSPS) is 16.7. The Morgan fingerprint density at radius 2 is 1.90 bits per heavy atom. The van der Waals surface area contributed by atoms with Gasteiger partial charge in [0.25, 0.3) is 0 Å². The van der Waals surface area contributed by atoms with Crippen molar-refractivity contribution in [2.75, 3.05) is 6.54 Å². The van der Waals surface area contributed by atoms with Gasteiger partial charge in [0.15, 0.2) is 0 Å². The summed E-state index contributed by atoms with van der Waals surface area (Å²) in [6.07, 6.45) is 4.27. The van der Waals surface area contributed by atoms with Crippen LogP contribution < -0.4 is 5.32 Å². The predicted molar refractivity (Wildman–Crippen MR) is 88.0 cm³/mol. The molecule has 0 amide bonds. The van der Waals surface area contributed by atoms with Gasteiger partial charge in [0, 0.05) is 23.9 Å². The summed E-state index contributed by atoms with van der Waals surface area (Å²) in [7, 11) is 0. The highest BCUT2D eigenvalue weighted by Crippen LogP contribution is 2.32. The third-order valence-electron chi connectivity index (χ3n) is 4.50. The number of aromatic nitrogens is 1. The molecule has 2 heteroatoms. The molecule has 3 atom stereocenters. The van der Waals surface area contributed by atoms with Gasteiger partial charge in [-0.3, -0.25) is 4.98 Å². The SMILES string of the molecule is CCCNC(CC(C)C(C)(C)C)C(C)c1ccccn1. The fourth-order valence-corrected chi connectivity index (χ4v) is 2.38. The van der Waals surface area contributed by atoms with Crippen LogP contribution in [-0.4, -0.2) is 17.6 Å². The molecule has 0 saturated carbocycles. The molecule has 1 heterocycles. The lowest BCUT2D eigenvalue weighted by atomic mass is 9.76. The Hall–Kier alpha value is -0.890. The number of hydrogen-bond donors (Lipinski definition) is 1. The van der Waals surface area contributed by atoms with Gasteiger partial charge in [-0.2, -0.15) is 0 Å². The van der Waals surface area contributed by atoms with E-state index < -0.39 is 0 Å². The highest BCUT2D eigenvalue weighted by molar-refractivity contribution is 5.11. The second-order valence-corrected chi connectivity index (χ2v) is 7.11. The molecule has 1 N–H and O–H groups in total. The van der Waals surface area contributed by atoms with Crippen LogP contribution >= 0.6 is 0 Å². The summed E-state index contributed by atoms with van der Waals surface area (Å²) >= 11 is 0. The molecule has 0 bridgehead atoms. The minimum atomic E-state index is 0.357. The molecule has 0 aliphatic rings. The lowest BCUT2D eigenvalue weighted by molar-refractivity contribution is 0.213. The minimum absolute atomic E-state index is 0.357. The Balaban J connectivity index is 2.78. The molecule has 0 radical (unpaired) electrons. The van der Waals surface area contributed by atoms with Gasteiger partial charge in [0.05, 0.1) is 0 Å². The maximum atomic E-state index is 4.54. The summed E-state index contributed by atoms with van der Waals surface area (Å²) in [6.45, 7) is 15.0. The first kappa shape index (κ1) is 17.2. The van der Waals surface area contributed by atoms with Gasteiger partial charge in [0.2, 0.25) is 0 Å². The summed E-state index contributed by atoms with van der Waals surface area (Å²) < 4.78 is 0. The van der Waals surface area contributed by atoms with Crippen LogP contribution in [0.25, 0.3) is 0 Å². The van der Waals surface area contributed by atoms with Crippen molar-refractivity contribution in [3.8, 4) is 0 Å². The van der Waals surface area contributed by atoms with Gasteiger partial charge in [-0.25, -0.2) is 0 Å². The van der Waals surface area contributed by atoms with Crippen molar-refractivity contribution >= 4 is 0 Å². The second-order valence-electron chi connectivity index (χ2n) is 7.11. The van der Waals surface area contributed by atoms with Gasteiger partial charge < -0.3 is 5.32 Å². The maximum Gasteiger partial charge on any atom is 0.0447 e. The Morgan fingerprint density at radius 1 is 1.20 bits per heavy atom. The topological polar surface area (TPSA) is 24.9 Å². The Bertz CT molecular complexity index is 367. The second kappa shape index (κ2) is 7.78. The smallest absolute Gasteiger partial charge is 0.0447 e. The van der Waals surface area contributed by atoms with Gasteiger partial charge in [-0.15, -0.1) is 0 Å². The molecule has 0 aromatic carbocycles. The maximum absolute atomic E-state index is 4.54. The molecule has 0 aliphatic carbocycles. The van der Waals surface area contributed by atoms with E-state index >= 15 is 0 Å². The van der Waals surface area contributed by atoms with Crippen LogP contribution in [-0.2, 0) is 0 Å². The molecule has 0 fully saturated rings. The number of nitrogens with zero attached hydrogens (tertiary/aromatic N) is 1. The van der Waals surface area contributed by atoms with Gasteiger partial charge in [-0.1, -0.05) is 47.6 Å². The third-order valence-corrected chi connectivity index (χ3v) is 4.50. The molecule has 0 saturated heterocycles. The first-order chi connectivity index (χ1) is 9.36. The first-order valence-electron chi connectivity index (χ1n) is 8.00. The molecule has 1 aromatic rings. The highest BCUT2D eigenvalue weighted by Gasteiger charge is 2.27. The van der Waals surface area contributed by atoms with Crippen LogP contribution in [0.4, 0.5) is 0 Å². The average Bonchev–Trinajstić information content (AvgIpc) is 2.42. The van der Waals surface area contributed by atoms with E-state index in [9.17, 15) is 0 Å². The van der Waals surface area contributed by atoms with Crippen molar-refractivity contribution in [2.24, 2.45) is 11.3 Å². The van der Waals surface area contributed by atoms with E-state index in [1.807, 2.05) is 12.3 Å². The molecule has 0 spiro atoms. The summed E-state index contributed by atoms with van der Waals surface area (Å²) in [5.41, 5.74) is 1.55.